The average Bonchev–Trinajstić information content (AvgIpc) is 2.61. The molecule has 0 aromatic heterocycles. The highest BCUT2D eigenvalue weighted by atomic mass is 16.5. The van der Waals surface area contributed by atoms with E-state index in [0.29, 0.717) is 37.7 Å². The molecule has 0 spiro atoms. The van der Waals surface area contributed by atoms with Crippen molar-refractivity contribution in [2.75, 3.05) is 53.7 Å². The quantitative estimate of drug-likeness (QED) is 0.668. The number of carbonyl (C=O) groups excluding carboxylic acids is 1. The fourth-order valence-corrected chi connectivity index (χ4v) is 3.01. The Labute approximate surface area is 143 Å². The second-order valence-corrected chi connectivity index (χ2v) is 6.20. The number of piperidine rings is 1. The molecule has 1 saturated heterocycles. The van der Waals surface area contributed by atoms with Gasteiger partial charge in [0.1, 0.15) is 12.4 Å². The number of benzene rings is 1. The molecule has 1 aromatic rings. The number of ether oxygens (including phenoxy) is 3. The van der Waals surface area contributed by atoms with Gasteiger partial charge in [0.25, 0.3) is 5.91 Å². The Morgan fingerprint density at radius 3 is 2.62 bits per heavy atom. The molecule has 0 atom stereocenters. The van der Waals surface area contributed by atoms with Crippen molar-refractivity contribution in [3.63, 3.8) is 0 Å². The van der Waals surface area contributed by atoms with Crippen LogP contribution < -0.4 is 15.4 Å². The van der Waals surface area contributed by atoms with Crippen LogP contribution in [0.3, 0.4) is 0 Å². The summed E-state index contributed by atoms with van der Waals surface area (Å²) in [6.45, 7) is 4.07. The molecule has 2 N–H and O–H groups in total. The molecule has 1 aliphatic rings. The van der Waals surface area contributed by atoms with Gasteiger partial charge in [0, 0.05) is 26.2 Å². The highest BCUT2D eigenvalue weighted by Gasteiger charge is 2.32. The SMILES string of the molecule is COCCOc1ccccc1C(=O)NCC1(COC)CCNCC1. The summed E-state index contributed by atoms with van der Waals surface area (Å²) in [5.41, 5.74) is 0.553. The first kappa shape index (κ1) is 18.7. The van der Waals surface area contributed by atoms with Crippen LogP contribution in [-0.4, -0.2) is 59.6 Å². The van der Waals surface area contributed by atoms with Gasteiger partial charge in [-0.15, -0.1) is 0 Å². The molecule has 1 amide bonds. The maximum Gasteiger partial charge on any atom is 0.255 e. The molecule has 0 saturated carbocycles. The number of methoxy groups -OCH3 is 2. The molecule has 1 aliphatic heterocycles. The van der Waals surface area contributed by atoms with Gasteiger partial charge in [-0.1, -0.05) is 12.1 Å². The molecule has 1 fully saturated rings. The highest BCUT2D eigenvalue weighted by molar-refractivity contribution is 5.96. The van der Waals surface area contributed by atoms with E-state index < -0.39 is 0 Å². The van der Waals surface area contributed by atoms with Crippen molar-refractivity contribution >= 4 is 5.91 Å². The van der Waals surface area contributed by atoms with E-state index >= 15 is 0 Å². The van der Waals surface area contributed by atoms with E-state index in [1.165, 1.54) is 0 Å². The summed E-state index contributed by atoms with van der Waals surface area (Å²) >= 11 is 0. The third-order valence-corrected chi connectivity index (χ3v) is 4.42. The number of hydrogen-bond donors (Lipinski definition) is 2. The molecular weight excluding hydrogens is 308 g/mol. The number of rotatable bonds is 9. The largest absolute Gasteiger partial charge is 0.490 e. The first-order valence-corrected chi connectivity index (χ1v) is 8.39. The number of hydrogen-bond acceptors (Lipinski definition) is 5. The summed E-state index contributed by atoms with van der Waals surface area (Å²) in [5, 5.41) is 6.42. The highest BCUT2D eigenvalue weighted by Crippen LogP contribution is 2.28. The first-order valence-electron chi connectivity index (χ1n) is 8.39. The Bertz CT molecular complexity index is 510. The van der Waals surface area contributed by atoms with Crippen LogP contribution in [-0.2, 0) is 9.47 Å². The Hall–Kier alpha value is -1.63. The minimum Gasteiger partial charge on any atom is -0.490 e. The van der Waals surface area contributed by atoms with E-state index in [2.05, 4.69) is 10.6 Å². The molecule has 6 heteroatoms. The first-order chi connectivity index (χ1) is 11.7. The van der Waals surface area contributed by atoms with Gasteiger partial charge in [0.15, 0.2) is 0 Å². The molecule has 0 aliphatic carbocycles. The van der Waals surface area contributed by atoms with Crippen LogP contribution in [0.4, 0.5) is 0 Å². The van der Waals surface area contributed by atoms with Crippen molar-refractivity contribution in [1.82, 2.24) is 10.6 Å². The average molecular weight is 336 g/mol. The van der Waals surface area contributed by atoms with E-state index in [0.717, 1.165) is 25.9 Å². The molecule has 24 heavy (non-hydrogen) atoms. The molecule has 1 aromatic carbocycles. The summed E-state index contributed by atoms with van der Waals surface area (Å²) < 4.78 is 16.0. The Kier molecular flexibility index (Phi) is 7.49. The lowest BCUT2D eigenvalue weighted by Crippen LogP contribution is -2.47. The molecule has 2 rings (SSSR count). The number of amides is 1. The molecular formula is C18H28N2O4. The van der Waals surface area contributed by atoms with Gasteiger partial charge in [-0.25, -0.2) is 0 Å². The van der Waals surface area contributed by atoms with Gasteiger partial charge in [0.2, 0.25) is 0 Å². The monoisotopic (exact) mass is 336 g/mol. The summed E-state index contributed by atoms with van der Waals surface area (Å²) in [5.74, 6) is 0.468. The minimum atomic E-state index is -0.114. The second-order valence-electron chi connectivity index (χ2n) is 6.20. The Morgan fingerprint density at radius 1 is 1.17 bits per heavy atom. The lowest BCUT2D eigenvalue weighted by molar-refractivity contribution is 0.0511. The zero-order valence-electron chi connectivity index (χ0n) is 14.6. The molecule has 1 heterocycles. The number of para-hydroxylation sites is 1. The lowest BCUT2D eigenvalue weighted by Gasteiger charge is -2.37. The van der Waals surface area contributed by atoms with Crippen LogP contribution in [0.15, 0.2) is 24.3 Å². The third kappa shape index (κ3) is 5.19. The number of nitrogens with one attached hydrogen (secondary N) is 2. The fraction of sp³-hybridized carbons (Fsp3) is 0.611. The zero-order chi connectivity index (χ0) is 17.3. The van der Waals surface area contributed by atoms with E-state index in [1.54, 1.807) is 26.4 Å². The second kappa shape index (κ2) is 9.61. The summed E-state index contributed by atoms with van der Waals surface area (Å²) in [7, 11) is 3.33. The lowest BCUT2D eigenvalue weighted by atomic mass is 9.79. The van der Waals surface area contributed by atoms with Crippen LogP contribution >= 0.6 is 0 Å². The standard InChI is InChI=1S/C18H28N2O4/c1-22-11-12-24-16-6-4-3-5-15(16)17(21)20-13-18(14-23-2)7-9-19-10-8-18/h3-6,19H,7-14H2,1-2H3,(H,20,21). The van der Waals surface area contributed by atoms with Gasteiger partial charge in [-0.3, -0.25) is 4.79 Å². The van der Waals surface area contributed by atoms with Gasteiger partial charge in [-0.05, 0) is 38.1 Å². The fourth-order valence-electron chi connectivity index (χ4n) is 3.01. The van der Waals surface area contributed by atoms with Crippen molar-refractivity contribution in [2.45, 2.75) is 12.8 Å². The van der Waals surface area contributed by atoms with Crippen LogP contribution in [0, 0.1) is 5.41 Å². The van der Waals surface area contributed by atoms with Gasteiger partial charge >= 0.3 is 0 Å². The van der Waals surface area contributed by atoms with Crippen molar-refractivity contribution in [3.8, 4) is 5.75 Å². The van der Waals surface area contributed by atoms with E-state index in [4.69, 9.17) is 14.2 Å². The summed E-state index contributed by atoms with van der Waals surface area (Å²) in [6.07, 6.45) is 1.99. The topological polar surface area (TPSA) is 68.8 Å². The minimum absolute atomic E-state index is 0.00150. The van der Waals surface area contributed by atoms with Gasteiger partial charge in [0.05, 0.1) is 18.8 Å². The van der Waals surface area contributed by atoms with Crippen molar-refractivity contribution in [1.29, 1.82) is 0 Å². The van der Waals surface area contributed by atoms with Crippen LogP contribution in [0.2, 0.25) is 0 Å². The van der Waals surface area contributed by atoms with E-state index in [-0.39, 0.29) is 11.3 Å². The van der Waals surface area contributed by atoms with E-state index in [1.807, 2.05) is 12.1 Å². The summed E-state index contributed by atoms with van der Waals surface area (Å²) in [6, 6.07) is 7.29. The molecule has 0 unspecified atom stereocenters. The van der Waals surface area contributed by atoms with Crippen molar-refractivity contribution < 1.29 is 19.0 Å². The van der Waals surface area contributed by atoms with Crippen LogP contribution in [0.5, 0.6) is 5.75 Å². The maximum atomic E-state index is 12.6. The van der Waals surface area contributed by atoms with Gasteiger partial charge < -0.3 is 24.8 Å². The summed E-state index contributed by atoms with van der Waals surface area (Å²) in [4.78, 5) is 12.6. The van der Waals surface area contributed by atoms with Crippen molar-refractivity contribution in [2.24, 2.45) is 5.41 Å². The molecule has 0 radical (unpaired) electrons. The normalized spacial score (nSPS) is 16.6. The zero-order valence-corrected chi connectivity index (χ0v) is 14.6. The van der Waals surface area contributed by atoms with Crippen LogP contribution in [0.1, 0.15) is 23.2 Å². The van der Waals surface area contributed by atoms with Gasteiger partial charge in [-0.2, -0.15) is 0 Å². The predicted octanol–water partition coefficient (Wildman–Crippen LogP) is 1.46. The Balaban J connectivity index is 1.98. The van der Waals surface area contributed by atoms with E-state index in [9.17, 15) is 4.79 Å². The molecule has 6 nitrogen and oxygen atoms in total. The third-order valence-electron chi connectivity index (χ3n) is 4.42. The maximum absolute atomic E-state index is 12.6. The molecule has 134 valence electrons. The molecule has 0 bridgehead atoms. The number of carbonyl (C=O) groups is 1. The Morgan fingerprint density at radius 2 is 1.92 bits per heavy atom. The predicted molar refractivity (Wildman–Crippen MR) is 92.6 cm³/mol. The van der Waals surface area contributed by atoms with Crippen LogP contribution in [0.25, 0.3) is 0 Å². The van der Waals surface area contributed by atoms with Crippen molar-refractivity contribution in [3.05, 3.63) is 29.8 Å². The smallest absolute Gasteiger partial charge is 0.255 e.